The molecule has 0 radical (unpaired) electrons. The fourth-order valence-corrected chi connectivity index (χ4v) is 1.21. The van der Waals surface area contributed by atoms with Gasteiger partial charge < -0.3 is 10.6 Å². The number of carbonyl (C=O) groups is 1. The van der Waals surface area contributed by atoms with Gasteiger partial charge in [-0.2, -0.15) is 0 Å². The number of anilines is 1. The first kappa shape index (κ1) is 11.8. The lowest BCUT2D eigenvalue weighted by Gasteiger charge is -2.07. The minimum Gasteiger partial charge on any atom is -0.333 e. The van der Waals surface area contributed by atoms with Crippen LogP contribution in [0.4, 0.5) is 10.5 Å². The molecular weight excluding hydrogens is 256 g/mol. The van der Waals surface area contributed by atoms with E-state index in [1.165, 1.54) is 0 Å². The molecule has 0 saturated heterocycles. The third-order valence-corrected chi connectivity index (χ3v) is 2.00. The maximum absolute atomic E-state index is 11.3. The number of benzene rings is 1. The van der Waals surface area contributed by atoms with Crippen LogP contribution in [-0.2, 0) is 0 Å². The molecule has 0 aliphatic carbocycles. The standard InChI is InChI=1S/C11H13BrN2O/c1-8-4-3-5-10(6-8)14-11(15)13-7-9(2)12/h3-6H,2,7H2,1H3,(H2,13,14,15). The van der Waals surface area contributed by atoms with E-state index < -0.39 is 0 Å². The lowest BCUT2D eigenvalue weighted by atomic mass is 10.2. The van der Waals surface area contributed by atoms with Crippen LogP contribution in [0.2, 0.25) is 0 Å². The van der Waals surface area contributed by atoms with Crippen molar-refractivity contribution in [1.29, 1.82) is 0 Å². The summed E-state index contributed by atoms with van der Waals surface area (Å²) in [6.07, 6.45) is 0. The summed E-state index contributed by atoms with van der Waals surface area (Å²) in [5.74, 6) is 0. The van der Waals surface area contributed by atoms with Gasteiger partial charge in [-0.1, -0.05) is 34.6 Å². The zero-order chi connectivity index (χ0) is 11.3. The summed E-state index contributed by atoms with van der Waals surface area (Å²) in [4.78, 5) is 11.3. The van der Waals surface area contributed by atoms with Crippen LogP contribution in [0.3, 0.4) is 0 Å². The van der Waals surface area contributed by atoms with Gasteiger partial charge in [0.1, 0.15) is 0 Å². The Kier molecular flexibility index (Phi) is 4.37. The molecule has 0 aliphatic heterocycles. The maximum atomic E-state index is 11.3. The minimum atomic E-state index is -0.235. The Hall–Kier alpha value is -1.29. The van der Waals surface area contributed by atoms with Crippen molar-refractivity contribution in [3.05, 3.63) is 40.9 Å². The zero-order valence-corrected chi connectivity index (χ0v) is 10.1. The second-order valence-electron chi connectivity index (χ2n) is 3.19. The van der Waals surface area contributed by atoms with Gasteiger partial charge >= 0.3 is 6.03 Å². The molecule has 0 unspecified atom stereocenters. The molecule has 2 amide bonds. The highest BCUT2D eigenvalue weighted by Crippen LogP contribution is 2.09. The van der Waals surface area contributed by atoms with Crippen molar-refractivity contribution in [1.82, 2.24) is 5.32 Å². The van der Waals surface area contributed by atoms with Crippen LogP contribution in [0, 0.1) is 6.92 Å². The van der Waals surface area contributed by atoms with Crippen LogP contribution in [0.15, 0.2) is 35.3 Å². The minimum absolute atomic E-state index is 0.235. The predicted octanol–water partition coefficient (Wildman–Crippen LogP) is 3.03. The highest BCUT2D eigenvalue weighted by atomic mass is 79.9. The number of hydrogen-bond acceptors (Lipinski definition) is 1. The van der Waals surface area contributed by atoms with Crippen LogP contribution in [-0.4, -0.2) is 12.6 Å². The van der Waals surface area contributed by atoms with E-state index in [2.05, 4.69) is 33.1 Å². The number of halogens is 1. The van der Waals surface area contributed by atoms with Crippen molar-refractivity contribution >= 4 is 27.6 Å². The van der Waals surface area contributed by atoms with Gasteiger partial charge in [-0.05, 0) is 24.6 Å². The van der Waals surface area contributed by atoms with Crippen molar-refractivity contribution in [2.24, 2.45) is 0 Å². The average Bonchev–Trinajstić information content (AvgIpc) is 2.15. The smallest absolute Gasteiger partial charge is 0.319 e. The number of urea groups is 1. The molecule has 2 N–H and O–H groups in total. The fourth-order valence-electron chi connectivity index (χ4n) is 1.07. The Morgan fingerprint density at radius 2 is 2.27 bits per heavy atom. The lowest BCUT2D eigenvalue weighted by molar-refractivity contribution is 0.253. The maximum Gasteiger partial charge on any atom is 0.319 e. The number of aryl methyl sites for hydroxylation is 1. The number of rotatable bonds is 3. The van der Waals surface area contributed by atoms with Crippen molar-refractivity contribution in [2.75, 3.05) is 11.9 Å². The van der Waals surface area contributed by atoms with E-state index in [4.69, 9.17) is 0 Å². The topological polar surface area (TPSA) is 41.1 Å². The van der Waals surface area contributed by atoms with Gasteiger partial charge in [0, 0.05) is 10.2 Å². The van der Waals surface area contributed by atoms with E-state index in [-0.39, 0.29) is 6.03 Å². The fraction of sp³-hybridized carbons (Fsp3) is 0.182. The molecule has 0 spiro atoms. The molecule has 1 aromatic rings. The molecule has 1 rings (SSSR count). The molecule has 0 bridgehead atoms. The van der Waals surface area contributed by atoms with Crippen LogP contribution in [0.1, 0.15) is 5.56 Å². The van der Waals surface area contributed by atoms with E-state index >= 15 is 0 Å². The van der Waals surface area contributed by atoms with Gasteiger partial charge in [0.15, 0.2) is 0 Å². The Labute approximate surface area is 97.7 Å². The lowest BCUT2D eigenvalue weighted by Crippen LogP contribution is -2.29. The summed E-state index contributed by atoms with van der Waals surface area (Å²) in [6, 6.07) is 7.39. The van der Waals surface area contributed by atoms with Gasteiger partial charge in [-0.25, -0.2) is 4.79 Å². The second kappa shape index (κ2) is 5.56. The summed E-state index contributed by atoms with van der Waals surface area (Å²) in [5, 5.41) is 5.38. The molecule has 1 aromatic carbocycles. The molecule has 4 heteroatoms. The van der Waals surface area contributed by atoms with E-state index in [1.54, 1.807) is 0 Å². The van der Waals surface area contributed by atoms with Gasteiger partial charge in [0.2, 0.25) is 0 Å². The molecule has 80 valence electrons. The third kappa shape index (κ3) is 4.65. The zero-order valence-electron chi connectivity index (χ0n) is 8.51. The highest BCUT2D eigenvalue weighted by Gasteiger charge is 2.00. The SMILES string of the molecule is C=C(Br)CNC(=O)Nc1cccc(C)c1. The van der Waals surface area contributed by atoms with Crippen LogP contribution in [0.25, 0.3) is 0 Å². The Morgan fingerprint density at radius 3 is 2.87 bits per heavy atom. The van der Waals surface area contributed by atoms with Crippen LogP contribution >= 0.6 is 15.9 Å². The summed E-state index contributed by atoms with van der Waals surface area (Å²) in [6.45, 7) is 6.01. The summed E-state index contributed by atoms with van der Waals surface area (Å²) < 4.78 is 0.738. The quantitative estimate of drug-likeness (QED) is 0.870. The number of hydrogen-bond donors (Lipinski definition) is 2. The first-order valence-corrected chi connectivity index (χ1v) is 5.32. The highest BCUT2D eigenvalue weighted by molar-refractivity contribution is 9.11. The summed E-state index contributed by atoms with van der Waals surface area (Å²) in [7, 11) is 0. The molecule has 15 heavy (non-hydrogen) atoms. The summed E-state index contributed by atoms with van der Waals surface area (Å²) >= 11 is 3.16. The first-order chi connectivity index (χ1) is 7.08. The molecule has 0 heterocycles. The van der Waals surface area contributed by atoms with Crippen molar-refractivity contribution in [2.45, 2.75) is 6.92 Å². The van der Waals surface area contributed by atoms with Crippen molar-refractivity contribution in [3.63, 3.8) is 0 Å². The Morgan fingerprint density at radius 1 is 1.53 bits per heavy atom. The molecule has 0 saturated carbocycles. The Balaban J connectivity index is 2.48. The van der Waals surface area contributed by atoms with Crippen molar-refractivity contribution in [3.8, 4) is 0 Å². The molecule has 3 nitrogen and oxygen atoms in total. The van der Waals surface area contributed by atoms with Crippen LogP contribution < -0.4 is 10.6 Å². The predicted molar refractivity (Wildman–Crippen MR) is 66.3 cm³/mol. The molecular formula is C11H13BrN2O. The van der Waals surface area contributed by atoms with Crippen molar-refractivity contribution < 1.29 is 4.79 Å². The molecule has 0 aromatic heterocycles. The number of carbonyl (C=O) groups excluding carboxylic acids is 1. The number of nitrogens with one attached hydrogen (secondary N) is 2. The molecule has 0 atom stereocenters. The van der Waals surface area contributed by atoms with E-state index in [9.17, 15) is 4.79 Å². The summed E-state index contributed by atoms with van der Waals surface area (Å²) in [5.41, 5.74) is 1.89. The van der Waals surface area contributed by atoms with Gasteiger partial charge in [-0.3, -0.25) is 0 Å². The number of amides is 2. The molecule has 0 aliphatic rings. The monoisotopic (exact) mass is 268 g/mol. The third-order valence-electron chi connectivity index (χ3n) is 1.72. The van der Waals surface area contributed by atoms with Crippen LogP contribution in [0.5, 0.6) is 0 Å². The normalized spacial score (nSPS) is 9.47. The van der Waals surface area contributed by atoms with E-state index in [0.717, 1.165) is 15.7 Å². The van der Waals surface area contributed by atoms with Gasteiger partial charge in [0.05, 0.1) is 6.54 Å². The molecule has 0 fully saturated rings. The first-order valence-electron chi connectivity index (χ1n) is 4.53. The van der Waals surface area contributed by atoms with Gasteiger partial charge in [-0.15, -0.1) is 0 Å². The van der Waals surface area contributed by atoms with E-state index in [1.807, 2.05) is 31.2 Å². The van der Waals surface area contributed by atoms with E-state index in [0.29, 0.717) is 6.54 Å². The average molecular weight is 269 g/mol. The Bertz CT molecular complexity index is 377. The largest absolute Gasteiger partial charge is 0.333 e. The second-order valence-corrected chi connectivity index (χ2v) is 4.32. The van der Waals surface area contributed by atoms with Gasteiger partial charge in [0.25, 0.3) is 0 Å².